The van der Waals surface area contributed by atoms with Crippen LogP contribution in [-0.2, 0) is 6.54 Å². The molecule has 0 fully saturated rings. The number of alkyl halides is 2. The van der Waals surface area contributed by atoms with Gasteiger partial charge in [0.25, 0.3) is 6.43 Å². The zero-order valence-corrected chi connectivity index (χ0v) is 7.91. The summed E-state index contributed by atoms with van der Waals surface area (Å²) in [6.07, 6.45) is 0.577. The first-order valence-electron chi connectivity index (χ1n) is 4.30. The van der Waals surface area contributed by atoms with Crippen LogP contribution in [0.4, 0.5) is 8.78 Å². The molecule has 1 N–H and O–H groups in total. The van der Waals surface area contributed by atoms with Crippen molar-refractivity contribution in [3.05, 3.63) is 12.4 Å². The highest BCUT2D eigenvalue weighted by atomic mass is 19.3. The molecule has 0 bridgehead atoms. The number of nitrogens with one attached hydrogen (secondary N) is 1. The lowest BCUT2D eigenvalue weighted by atomic mass is 10.6. The van der Waals surface area contributed by atoms with E-state index >= 15 is 0 Å². The van der Waals surface area contributed by atoms with E-state index in [1.807, 2.05) is 7.05 Å². The Morgan fingerprint density at radius 3 is 3.07 bits per heavy atom. The highest BCUT2D eigenvalue weighted by Crippen LogP contribution is 2.09. The van der Waals surface area contributed by atoms with Crippen LogP contribution in [0.5, 0.6) is 5.75 Å². The van der Waals surface area contributed by atoms with E-state index in [0.717, 1.165) is 6.54 Å². The lowest BCUT2D eigenvalue weighted by Crippen LogP contribution is -2.15. The predicted molar refractivity (Wildman–Crippen MR) is 47.7 cm³/mol. The third kappa shape index (κ3) is 3.69. The Morgan fingerprint density at radius 2 is 2.43 bits per heavy atom. The zero-order chi connectivity index (χ0) is 10.4. The van der Waals surface area contributed by atoms with Gasteiger partial charge in [0.2, 0.25) is 0 Å². The molecule has 0 aliphatic rings. The van der Waals surface area contributed by atoms with Gasteiger partial charge in [-0.3, -0.25) is 4.68 Å². The second kappa shape index (κ2) is 5.54. The largest absolute Gasteiger partial charge is 0.484 e. The van der Waals surface area contributed by atoms with Crippen LogP contribution in [-0.4, -0.2) is 36.4 Å². The minimum absolute atomic E-state index is 0.376. The summed E-state index contributed by atoms with van der Waals surface area (Å²) in [7, 11) is 1.83. The molecular formula is C8H13F2N3O. The topological polar surface area (TPSA) is 39.1 Å². The van der Waals surface area contributed by atoms with E-state index in [1.54, 1.807) is 10.9 Å². The number of nitrogens with zero attached hydrogens (tertiary/aromatic N) is 2. The molecule has 1 aromatic heterocycles. The van der Waals surface area contributed by atoms with Gasteiger partial charge in [0, 0.05) is 6.54 Å². The molecule has 0 saturated heterocycles. The number of halogens is 2. The molecule has 0 aliphatic carbocycles. The molecule has 1 aromatic rings. The fraction of sp³-hybridized carbons (Fsp3) is 0.625. The first kappa shape index (κ1) is 10.9. The van der Waals surface area contributed by atoms with Crippen molar-refractivity contribution < 1.29 is 13.5 Å². The molecule has 0 amide bonds. The Labute approximate surface area is 80.9 Å². The van der Waals surface area contributed by atoms with Crippen LogP contribution in [0.1, 0.15) is 0 Å². The predicted octanol–water partition coefficient (Wildman–Crippen LogP) is 0.746. The van der Waals surface area contributed by atoms with Crippen molar-refractivity contribution in [2.45, 2.75) is 13.0 Å². The maximum Gasteiger partial charge on any atom is 0.272 e. The maximum absolute atomic E-state index is 11.8. The van der Waals surface area contributed by atoms with Crippen molar-refractivity contribution in [1.29, 1.82) is 0 Å². The standard InChI is InChI=1S/C8H13F2N3O/c1-11-2-3-13-5-7(4-12-13)14-6-8(9)10/h4-5,8,11H,2-3,6H2,1H3. The molecular weight excluding hydrogens is 192 g/mol. The summed E-state index contributed by atoms with van der Waals surface area (Å²) >= 11 is 0. The van der Waals surface area contributed by atoms with E-state index in [1.165, 1.54) is 6.20 Å². The van der Waals surface area contributed by atoms with Gasteiger partial charge in [-0.15, -0.1) is 0 Å². The summed E-state index contributed by atoms with van der Waals surface area (Å²) in [6, 6.07) is 0. The number of likely N-dealkylation sites (N-methyl/N-ethyl adjacent to an activating group) is 1. The number of aromatic nitrogens is 2. The number of ether oxygens (including phenoxy) is 1. The molecule has 1 rings (SSSR count). The molecule has 0 aromatic carbocycles. The van der Waals surface area contributed by atoms with Crippen molar-refractivity contribution in [3.8, 4) is 5.75 Å². The number of rotatable bonds is 6. The van der Waals surface area contributed by atoms with Gasteiger partial charge in [-0.05, 0) is 7.05 Å². The quantitative estimate of drug-likeness (QED) is 0.744. The molecule has 0 radical (unpaired) electrons. The molecule has 0 atom stereocenters. The molecule has 0 spiro atoms. The second-order valence-corrected chi connectivity index (χ2v) is 2.74. The van der Waals surface area contributed by atoms with Crippen LogP contribution >= 0.6 is 0 Å². The molecule has 80 valence electrons. The summed E-state index contributed by atoms with van der Waals surface area (Å²) in [5, 5.41) is 6.89. The number of hydrogen-bond acceptors (Lipinski definition) is 3. The number of hydrogen-bond donors (Lipinski definition) is 1. The molecule has 6 heteroatoms. The summed E-state index contributed by atoms with van der Waals surface area (Å²) < 4.78 is 29.9. The van der Waals surface area contributed by atoms with E-state index in [2.05, 4.69) is 10.4 Å². The summed E-state index contributed by atoms with van der Waals surface area (Å²) in [5.41, 5.74) is 0. The normalized spacial score (nSPS) is 10.9. The molecule has 0 unspecified atom stereocenters. The SMILES string of the molecule is CNCCn1cc(OCC(F)F)cn1. The average molecular weight is 205 g/mol. The Balaban J connectivity index is 2.35. The van der Waals surface area contributed by atoms with Gasteiger partial charge in [0.1, 0.15) is 6.61 Å². The van der Waals surface area contributed by atoms with Gasteiger partial charge < -0.3 is 10.1 Å². The van der Waals surface area contributed by atoms with E-state index in [9.17, 15) is 8.78 Å². The Hall–Kier alpha value is -1.17. The van der Waals surface area contributed by atoms with Crippen LogP contribution < -0.4 is 10.1 Å². The summed E-state index contributed by atoms with van der Waals surface area (Å²) in [6.45, 7) is 0.877. The Bertz CT molecular complexity index is 265. The van der Waals surface area contributed by atoms with E-state index in [4.69, 9.17) is 4.74 Å². The molecule has 14 heavy (non-hydrogen) atoms. The van der Waals surface area contributed by atoms with Gasteiger partial charge in [-0.2, -0.15) is 5.10 Å². The fourth-order valence-corrected chi connectivity index (χ4v) is 0.927. The molecule has 1 heterocycles. The molecule has 0 aliphatic heterocycles. The monoisotopic (exact) mass is 205 g/mol. The minimum atomic E-state index is -2.45. The first-order chi connectivity index (χ1) is 6.72. The van der Waals surface area contributed by atoms with Crippen molar-refractivity contribution >= 4 is 0 Å². The summed E-state index contributed by atoms with van der Waals surface area (Å²) in [5.74, 6) is 0.376. The zero-order valence-electron chi connectivity index (χ0n) is 7.91. The van der Waals surface area contributed by atoms with Crippen LogP contribution in [0.2, 0.25) is 0 Å². The van der Waals surface area contributed by atoms with Crippen molar-refractivity contribution in [2.75, 3.05) is 20.2 Å². The smallest absolute Gasteiger partial charge is 0.272 e. The molecule has 4 nitrogen and oxygen atoms in total. The second-order valence-electron chi connectivity index (χ2n) is 2.74. The Kier molecular flexibility index (Phi) is 4.31. The summed E-state index contributed by atoms with van der Waals surface area (Å²) in [4.78, 5) is 0. The van der Waals surface area contributed by atoms with Crippen molar-refractivity contribution in [2.24, 2.45) is 0 Å². The van der Waals surface area contributed by atoms with Gasteiger partial charge in [0.05, 0.1) is 18.9 Å². The lowest BCUT2D eigenvalue weighted by Gasteiger charge is -2.01. The Morgan fingerprint density at radius 1 is 1.64 bits per heavy atom. The van der Waals surface area contributed by atoms with E-state index in [0.29, 0.717) is 12.3 Å². The van der Waals surface area contributed by atoms with Gasteiger partial charge >= 0.3 is 0 Å². The first-order valence-corrected chi connectivity index (χ1v) is 4.30. The lowest BCUT2D eigenvalue weighted by molar-refractivity contribution is 0.0818. The third-order valence-corrected chi connectivity index (χ3v) is 1.58. The highest BCUT2D eigenvalue weighted by Gasteiger charge is 2.04. The van der Waals surface area contributed by atoms with Crippen LogP contribution in [0.15, 0.2) is 12.4 Å². The maximum atomic E-state index is 11.8. The van der Waals surface area contributed by atoms with Crippen molar-refractivity contribution in [3.63, 3.8) is 0 Å². The minimum Gasteiger partial charge on any atom is -0.484 e. The third-order valence-electron chi connectivity index (χ3n) is 1.58. The van der Waals surface area contributed by atoms with E-state index in [-0.39, 0.29) is 0 Å². The average Bonchev–Trinajstić information content (AvgIpc) is 2.59. The van der Waals surface area contributed by atoms with Gasteiger partial charge in [-0.1, -0.05) is 0 Å². The molecule has 0 saturated carbocycles. The van der Waals surface area contributed by atoms with Gasteiger partial charge in [-0.25, -0.2) is 8.78 Å². The van der Waals surface area contributed by atoms with Crippen molar-refractivity contribution in [1.82, 2.24) is 15.1 Å². The van der Waals surface area contributed by atoms with Crippen LogP contribution in [0, 0.1) is 0 Å². The van der Waals surface area contributed by atoms with Crippen LogP contribution in [0.3, 0.4) is 0 Å². The van der Waals surface area contributed by atoms with E-state index < -0.39 is 13.0 Å². The van der Waals surface area contributed by atoms with Crippen LogP contribution in [0.25, 0.3) is 0 Å². The highest BCUT2D eigenvalue weighted by molar-refractivity contribution is 5.11. The van der Waals surface area contributed by atoms with Gasteiger partial charge in [0.15, 0.2) is 5.75 Å². The fourth-order valence-electron chi connectivity index (χ4n) is 0.927.